The number of amides is 1. The van der Waals surface area contributed by atoms with Crippen molar-refractivity contribution in [2.75, 3.05) is 26.3 Å². The zero-order chi connectivity index (χ0) is 20.6. The molecule has 1 aliphatic heterocycles. The van der Waals surface area contributed by atoms with E-state index in [0.717, 1.165) is 12.8 Å². The minimum absolute atomic E-state index is 0.0634. The van der Waals surface area contributed by atoms with Gasteiger partial charge in [-0.05, 0) is 44.0 Å². The van der Waals surface area contributed by atoms with Crippen molar-refractivity contribution in [2.45, 2.75) is 19.8 Å². The van der Waals surface area contributed by atoms with Gasteiger partial charge in [0.05, 0.1) is 12.5 Å². The molecule has 2 aromatic rings. The second-order valence-corrected chi connectivity index (χ2v) is 6.94. The molecule has 152 valence electrons. The molecule has 2 aromatic carbocycles. The molecule has 29 heavy (non-hydrogen) atoms. The Hall–Kier alpha value is -3.15. The second kappa shape index (κ2) is 9.87. The molecule has 0 saturated carbocycles. The molecule has 1 heterocycles. The summed E-state index contributed by atoms with van der Waals surface area (Å²) in [6, 6.07) is 15.8. The number of ether oxygens (including phenoxy) is 2. The zero-order valence-electron chi connectivity index (χ0n) is 16.5. The molecule has 0 aliphatic carbocycles. The van der Waals surface area contributed by atoms with Gasteiger partial charge in [-0.25, -0.2) is 0 Å². The maximum atomic E-state index is 12.5. The number of esters is 1. The smallest absolute Gasteiger partial charge is 0.310 e. The zero-order valence-corrected chi connectivity index (χ0v) is 16.5. The standard InChI is InChI=1S/C23H25NO5/c1-2-28-23(27)19-9-6-14-24(15-19)21(25)16-29-20-12-10-18(11-13-20)22(26)17-7-4-3-5-8-17/h3-5,7-8,10-13,19H,2,6,9,14-16H2,1H3. The predicted octanol–water partition coefficient (Wildman–Crippen LogP) is 3.10. The van der Waals surface area contributed by atoms with Crippen LogP contribution in [0.4, 0.5) is 0 Å². The van der Waals surface area contributed by atoms with Gasteiger partial charge in [-0.2, -0.15) is 0 Å². The van der Waals surface area contributed by atoms with Crippen LogP contribution >= 0.6 is 0 Å². The van der Waals surface area contributed by atoms with E-state index in [1.165, 1.54) is 0 Å². The summed E-state index contributed by atoms with van der Waals surface area (Å²) in [5.41, 5.74) is 1.18. The second-order valence-electron chi connectivity index (χ2n) is 6.94. The molecule has 1 fully saturated rings. The SMILES string of the molecule is CCOC(=O)C1CCCN(C(=O)COc2ccc(C(=O)c3ccccc3)cc2)C1. The molecular formula is C23H25NO5. The molecule has 0 N–H and O–H groups in total. The van der Waals surface area contributed by atoms with Crippen LogP contribution in [0.15, 0.2) is 54.6 Å². The summed E-state index contributed by atoms with van der Waals surface area (Å²) < 4.78 is 10.7. The summed E-state index contributed by atoms with van der Waals surface area (Å²) in [7, 11) is 0. The Balaban J connectivity index is 1.52. The maximum Gasteiger partial charge on any atom is 0.310 e. The first-order valence-corrected chi connectivity index (χ1v) is 9.85. The van der Waals surface area contributed by atoms with E-state index in [1.807, 2.05) is 18.2 Å². The Morgan fingerprint density at radius 1 is 1.00 bits per heavy atom. The number of hydrogen-bond donors (Lipinski definition) is 0. The number of carbonyl (C=O) groups excluding carboxylic acids is 3. The lowest BCUT2D eigenvalue weighted by Gasteiger charge is -2.31. The number of nitrogens with zero attached hydrogens (tertiary/aromatic N) is 1. The molecule has 6 heteroatoms. The van der Waals surface area contributed by atoms with E-state index >= 15 is 0 Å². The molecule has 1 unspecified atom stereocenters. The van der Waals surface area contributed by atoms with Crippen LogP contribution < -0.4 is 4.74 Å². The third kappa shape index (κ3) is 5.44. The number of hydrogen-bond acceptors (Lipinski definition) is 5. The molecule has 0 radical (unpaired) electrons. The summed E-state index contributed by atoms with van der Waals surface area (Å²) in [5.74, 6) is -0.225. The van der Waals surface area contributed by atoms with Gasteiger partial charge >= 0.3 is 5.97 Å². The van der Waals surface area contributed by atoms with Crippen molar-refractivity contribution in [1.29, 1.82) is 0 Å². The van der Waals surface area contributed by atoms with Crippen LogP contribution in [0.1, 0.15) is 35.7 Å². The van der Waals surface area contributed by atoms with Crippen LogP contribution in [-0.2, 0) is 14.3 Å². The molecule has 0 aromatic heterocycles. The molecule has 1 amide bonds. The molecular weight excluding hydrogens is 370 g/mol. The van der Waals surface area contributed by atoms with Crippen LogP contribution in [0, 0.1) is 5.92 Å². The number of rotatable bonds is 7. The predicted molar refractivity (Wildman–Crippen MR) is 108 cm³/mol. The molecule has 6 nitrogen and oxygen atoms in total. The minimum atomic E-state index is -0.268. The fourth-order valence-corrected chi connectivity index (χ4v) is 3.35. The van der Waals surface area contributed by atoms with E-state index in [2.05, 4.69) is 0 Å². The Morgan fingerprint density at radius 3 is 2.38 bits per heavy atom. The fraction of sp³-hybridized carbons (Fsp3) is 0.348. The van der Waals surface area contributed by atoms with Crippen molar-refractivity contribution in [3.05, 3.63) is 65.7 Å². The van der Waals surface area contributed by atoms with Crippen molar-refractivity contribution in [3.8, 4) is 5.75 Å². The van der Waals surface area contributed by atoms with E-state index in [4.69, 9.17) is 9.47 Å². The van der Waals surface area contributed by atoms with Crippen molar-refractivity contribution in [2.24, 2.45) is 5.92 Å². The quantitative estimate of drug-likeness (QED) is 0.532. The van der Waals surface area contributed by atoms with Gasteiger partial charge < -0.3 is 14.4 Å². The Kier molecular flexibility index (Phi) is 7.00. The average molecular weight is 395 g/mol. The molecule has 1 aliphatic rings. The summed E-state index contributed by atoms with van der Waals surface area (Å²) in [6.07, 6.45) is 1.51. The topological polar surface area (TPSA) is 72.9 Å². The van der Waals surface area contributed by atoms with Gasteiger partial charge in [0, 0.05) is 24.2 Å². The summed E-state index contributed by atoms with van der Waals surface area (Å²) in [6.45, 7) is 2.99. The van der Waals surface area contributed by atoms with Crippen molar-refractivity contribution in [1.82, 2.24) is 4.90 Å². The Bertz CT molecular complexity index is 847. The first kappa shape index (κ1) is 20.6. The van der Waals surface area contributed by atoms with E-state index in [9.17, 15) is 14.4 Å². The Labute approximate surface area is 170 Å². The van der Waals surface area contributed by atoms with Crippen LogP contribution in [0.5, 0.6) is 5.75 Å². The number of piperidine rings is 1. The van der Waals surface area contributed by atoms with E-state index < -0.39 is 0 Å². The molecule has 3 rings (SSSR count). The molecule has 0 bridgehead atoms. The van der Waals surface area contributed by atoms with Crippen molar-refractivity contribution >= 4 is 17.7 Å². The summed E-state index contributed by atoms with van der Waals surface area (Å²) >= 11 is 0. The van der Waals surface area contributed by atoms with E-state index in [1.54, 1.807) is 48.2 Å². The molecule has 1 atom stereocenters. The van der Waals surface area contributed by atoms with Crippen molar-refractivity contribution in [3.63, 3.8) is 0 Å². The van der Waals surface area contributed by atoms with Crippen molar-refractivity contribution < 1.29 is 23.9 Å². The highest BCUT2D eigenvalue weighted by molar-refractivity contribution is 6.08. The highest BCUT2D eigenvalue weighted by Crippen LogP contribution is 2.19. The first-order chi connectivity index (χ1) is 14.1. The normalized spacial score (nSPS) is 16.2. The van der Waals surface area contributed by atoms with Crippen LogP contribution in [-0.4, -0.2) is 48.9 Å². The maximum absolute atomic E-state index is 12.5. The molecule has 1 saturated heterocycles. The van der Waals surface area contributed by atoms with Gasteiger partial charge in [-0.15, -0.1) is 0 Å². The summed E-state index contributed by atoms with van der Waals surface area (Å²) in [5, 5.41) is 0. The monoisotopic (exact) mass is 395 g/mol. The van der Waals surface area contributed by atoms with Gasteiger partial charge in [0.2, 0.25) is 0 Å². The van der Waals surface area contributed by atoms with Crippen LogP contribution in [0.25, 0.3) is 0 Å². The van der Waals surface area contributed by atoms with Gasteiger partial charge in [0.1, 0.15) is 5.75 Å². The van der Waals surface area contributed by atoms with Gasteiger partial charge in [-0.1, -0.05) is 30.3 Å². The highest BCUT2D eigenvalue weighted by atomic mass is 16.5. The average Bonchev–Trinajstić information content (AvgIpc) is 2.78. The number of carbonyl (C=O) groups is 3. The minimum Gasteiger partial charge on any atom is -0.484 e. The number of benzene rings is 2. The third-order valence-corrected chi connectivity index (χ3v) is 4.91. The van der Waals surface area contributed by atoms with Crippen LogP contribution in [0.3, 0.4) is 0 Å². The lowest BCUT2D eigenvalue weighted by atomic mass is 9.98. The number of likely N-dealkylation sites (tertiary alicyclic amines) is 1. The third-order valence-electron chi connectivity index (χ3n) is 4.91. The highest BCUT2D eigenvalue weighted by Gasteiger charge is 2.29. The lowest BCUT2D eigenvalue weighted by molar-refractivity contribution is -0.151. The van der Waals surface area contributed by atoms with Crippen LogP contribution in [0.2, 0.25) is 0 Å². The number of ketones is 1. The fourth-order valence-electron chi connectivity index (χ4n) is 3.35. The van der Waals surface area contributed by atoms with E-state index in [0.29, 0.717) is 36.6 Å². The van der Waals surface area contributed by atoms with E-state index in [-0.39, 0.29) is 30.2 Å². The van der Waals surface area contributed by atoms with Gasteiger partial charge in [0.25, 0.3) is 5.91 Å². The Morgan fingerprint density at radius 2 is 1.69 bits per heavy atom. The molecule has 0 spiro atoms. The largest absolute Gasteiger partial charge is 0.484 e. The van der Waals surface area contributed by atoms with Gasteiger partial charge in [-0.3, -0.25) is 14.4 Å². The van der Waals surface area contributed by atoms with Gasteiger partial charge in [0.15, 0.2) is 12.4 Å². The lowest BCUT2D eigenvalue weighted by Crippen LogP contribution is -2.44. The summed E-state index contributed by atoms with van der Waals surface area (Å²) in [4.78, 5) is 38.4. The first-order valence-electron chi connectivity index (χ1n) is 9.85.